The maximum atomic E-state index is 12.2. The molecule has 136 valence electrons. The molecule has 1 aromatic heterocycles. The summed E-state index contributed by atoms with van der Waals surface area (Å²) in [6.07, 6.45) is 0.759. The molecule has 0 atom stereocenters. The predicted octanol–water partition coefficient (Wildman–Crippen LogP) is 4.01. The third-order valence-electron chi connectivity index (χ3n) is 4.04. The van der Waals surface area contributed by atoms with E-state index < -0.39 is 0 Å². The average molecular weight is 360 g/mol. The van der Waals surface area contributed by atoms with Gasteiger partial charge in [0.2, 0.25) is 0 Å². The first-order valence-electron chi connectivity index (χ1n) is 8.70. The Kier molecular flexibility index (Phi) is 5.91. The van der Waals surface area contributed by atoms with E-state index in [9.17, 15) is 4.79 Å². The summed E-state index contributed by atoms with van der Waals surface area (Å²) in [5, 5.41) is 11.9. The minimum absolute atomic E-state index is 0.148. The van der Waals surface area contributed by atoms with Crippen molar-refractivity contribution < 1.29 is 13.9 Å². The van der Waals surface area contributed by atoms with E-state index in [1.807, 2.05) is 25.1 Å². The van der Waals surface area contributed by atoms with Crippen molar-refractivity contribution in [3.8, 4) is 11.8 Å². The van der Waals surface area contributed by atoms with E-state index in [2.05, 4.69) is 17.5 Å². The largest absolute Gasteiger partial charge is 0.484 e. The van der Waals surface area contributed by atoms with Gasteiger partial charge in [0, 0.05) is 6.54 Å². The van der Waals surface area contributed by atoms with Crippen molar-refractivity contribution in [3.05, 3.63) is 88.9 Å². The van der Waals surface area contributed by atoms with Crippen molar-refractivity contribution in [1.29, 1.82) is 5.26 Å². The summed E-state index contributed by atoms with van der Waals surface area (Å²) in [4.78, 5) is 12.2. The highest BCUT2D eigenvalue weighted by Gasteiger charge is 2.12. The van der Waals surface area contributed by atoms with Crippen LogP contribution in [-0.4, -0.2) is 12.5 Å². The summed E-state index contributed by atoms with van der Waals surface area (Å²) in [7, 11) is 0. The molecule has 0 bridgehead atoms. The lowest BCUT2D eigenvalue weighted by Crippen LogP contribution is -2.25. The molecular formula is C22H20N2O3. The molecule has 0 aliphatic heterocycles. The molecule has 3 rings (SSSR count). The summed E-state index contributed by atoms with van der Waals surface area (Å²) in [5.74, 6) is 0.991. The lowest BCUT2D eigenvalue weighted by Gasteiger charge is -2.06. The van der Waals surface area contributed by atoms with Crippen LogP contribution in [0.3, 0.4) is 0 Å². The molecule has 0 saturated carbocycles. The lowest BCUT2D eigenvalue weighted by molar-refractivity contribution is 0.0922. The number of rotatable bonds is 7. The molecule has 1 N–H and O–H groups in total. The van der Waals surface area contributed by atoms with E-state index in [1.165, 1.54) is 11.1 Å². The van der Waals surface area contributed by atoms with Crippen molar-refractivity contribution in [2.24, 2.45) is 0 Å². The Morgan fingerprint density at radius 1 is 1.15 bits per heavy atom. The molecule has 0 radical (unpaired) electrons. The minimum atomic E-state index is -0.258. The first-order valence-corrected chi connectivity index (χ1v) is 8.70. The standard InChI is InChI=1S/C22H20N2O3/c1-16-5-4-6-17(13-16)11-12-24-22(25)21-10-9-19(27-21)15-26-20-8-3-2-7-18(20)14-23/h2-10,13H,11-12,15H2,1H3,(H,24,25). The highest BCUT2D eigenvalue weighted by molar-refractivity contribution is 5.91. The fourth-order valence-electron chi connectivity index (χ4n) is 2.69. The molecule has 5 heteroatoms. The van der Waals surface area contributed by atoms with E-state index in [0.29, 0.717) is 23.6 Å². The summed E-state index contributed by atoms with van der Waals surface area (Å²) in [6, 6.07) is 20.6. The van der Waals surface area contributed by atoms with Gasteiger partial charge in [0.05, 0.1) is 5.56 Å². The second kappa shape index (κ2) is 8.72. The second-order valence-corrected chi connectivity index (χ2v) is 6.16. The van der Waals surface area contributed by atoms with Crippen molar-refractivity contribution in [2.75, 3.05) is 6.54 Å². The van der Waals surface area contributed by atoms with E-state index in [1.54, 1.807) is 36.4 Å². The van der Waals surface area contributed by atoms with Gasteiger partial charge in [0.1, 0.15) is 24.2 Å². The van der Waals surface area contributed by atoms with Crippen LogP contribution in [0.15, 0.2) is 65.1 Å². The van der Waals surface area contributed by atoms with Gasteiger partial charge >= 0.3 is 0 Å². The van der Waals surface area contributed by atoms with Gasteiger partial charge in [0.15, 0.2) is 5.76 Å². The number of carbonyl (C=O) groups excluding carboxylic acids is 1. The smallest absolute Gasteiger partial charge is 0.287 e. The Bertz CT molecular complexity index is 969. The van der Waals surface area contributed by atoms with Crippen LogP contribution in [0.2, 0.25) is 0 Å². The van der Waals surface area contributed by atoms with Crippen LogP contribution in [0.4, 0.5) is 0 Å². The molecule has 0 aliphatic carbocycles. The SMILES string of the molecule is Cc1cccc(CCNC(=O)c2ccc(COc3ccccc3C#N)o2)c1. The van der Waals surface area contributed by atoms with Gasteiger partial charge in [-0.25, -0.2) is 0 Å². The summed E-state index contributed by atoms with van der Waals surface area (Å²) < 4.78 is 11.2. The summed E-state index contributed by atoms with van der Waals surface area (Å²) in [5.41, 5.74) is 2.84. The number of ether oxygens (including phenoxy) is 1. The Morgan fingerprint density at radius 2 is 2.00 bits per heavy atom. The van der Waals surface area contributed by atoms with Gasteiger partial charge < -0.3 is 14.5 Å². The normalized spacial score (nSPS) is 10.2. The van der Waals surface area contributed by atoms with Gasteiger partial charge in [-0.2, -0.15) is 5.26 Å². The molecule has 5 nitrogen and oxygen atoms in total. The number of nitriles is 1. The van der Waals surface area contributed by atoms with E-state index in [4.69, 9.17) is 14.4 Å². The maximum absolute atomic E-state index is 12.2. The highest BCUT2D eigenvalue weighted by Crippen LogP contribution is 2.19. The topological polar surface area (TPSA) is 75.3 Å². The van der Waals surface area contributed by atoms with Crippen LogP contribution in [0.25, 0.3) is 0 Å². The lowest BCUT2D eigenvalue weighted by atomic mass is 10.1. The van der Waals surface area contributed by atoms with Gasteiger partial charge in [-0.3, -0.25) is 4.79 Å². The molecule has 0 spiro atoms. The van der Waals surface area contributed by atoms with Gasteiger partial charge in [-0.15, -0.1) is 0 Å². The van der Waals surface area contributed by atoms with Crippen LogP contribution >= 0.6 is 0 Å². The zero-order valence-corrected chi connectivity index (χ0v) is 15.1. The zero-order valence-electron chi connectivity index (χ0n) is 15.1. The molecule has 0 unspecified atom stereocenters. The van der Waals surface area contributed by atoms with Crippen molar-refractivity contribution in [1.82, 2.24) is 5.32 Å². The highest BCUT2D eigenvalue weighted by atomic mass is 16.5. The maximum Gasteiger partial charge on any atom is 0.287 e. The number of nitrogens with zero attached hydrogens (tertiary/aromatic N) is 1. The number of hydrogen-bond donors (Lipinski definition) is 1. The Labute approximate surface area is 158 Å². The van der Waals surface area contributed by atoms with Gasteiger partial charge in [-0.05, 0) is 43.2 Å². The number of para-hydroxylation sites is 1. The third kappa shape index (κ3) is 4.99. The summed E-state index contributed by atoms with van der Waals surface area (Å²) >= 11 is 0. The molecule has 1 heterocycles. The number of amides is 1. The van der Waals surface area contributed by atoms with E-state index in [0.717, 1.165) is 6.42 Å². The quantitative estimate of drug-likeness (QED) is 0.691. The molecule has 2 aromatic carbocycles. The van der Waals surface area contributed by atoms with Crippen LogP contribution in [0.1, 0.15) is 33.0 Å². The van der Waals surface area contributed by atoms with Crippen LogP contribution < -0.4 is 10.1 Å². The molecule has 0 fully saturated rings. The van der Waals surface area contributed by atoms with E-state index >= 15 is 0 Å². The van der Waals surface area contributed by atoms with Gasteiger partial charge in [-0.1, -0.05) is 42.0 Å². The zero-order chi connectivity index (χ0) is 19.1. The van der Waals surface area contributed by atoms with Crippen molar-refractivity contribution in [3.63, 3.8) is 0 Å². The van der Waals surface area contributed by atoms with Gasteiger partial charge in [0.25, 0.3) is 5.91 Å². The number of furan rings is 1. The van der Waals surface area contributed by atoms with Crippen LogP contribution in [0, 0.1) is 18.3 Å². The second-order valence-electron chi connectivity index (χ2n) is 6.16. The average Bonchev–Trinajstić information content (AvgIpc) is 3.16. The molecule has 0 aliphatic rings. The molecule has 27 heavy (non-hydrogen) atoms. The Hall–Kier alpha value is -3.52. The Morgan fingerprint density at radius 3 is 2.81 bits per heavy atom. The molecule has 0 saturated heterocycles. The molecule has 3 aromatic rings. The predicted molar refractivity (Wildman–Crippen MR) is 101 cm³/mol. The van der Waals surface area contributed by atoms with Crippen molar-refractivity contribution >= 4 is 5.91 Å². The van der Waals surface area contributed by atoms with E-state index in [-0.39, 0.29) is 18.3 Å². The molecular weight excluding hydrogens is 340 g/mol. The van der Waals surface area contributed by atoms with Crippen LogP contribution in [-0.2, 0) is 13.0 Å². The number of carbonyl (C=O) groups is 1. The third-order valence-corrected chi connectivity index (χ3v) is 4.04. The fourth-order valence-corrected chi connectivity index (χ4v) is 2.69. The number of nitrogens with one attached hydrogen (secondary N) is 1. The Balaban J connectivity index is 1.51. The summed E-state index contributed by atoms with van der Waals surface area (Å²) in [6.45, 7) is 2.73. The number of benzene rings is 2. The van der Waals surface area contributed by atoms with Crippen LogP contribution in [0.5, 0.6) is 5.75 Å². The first-order chi connectivity index (χ1) is 13.2. The fraction of sp³-hybridized carbons (Fsp3) is 0.182. The monoisotopic (exact) mass is 360 g/mol. The number of hydrogen-bond acceptors (Lipinski definition) is 4. The minimum Gasteiger partial charge on any atom is -0.484 e. The van der Waals surface area contributed by atoms with Crippen molar-refractivity contribution in [2.45, 2.75) is 20.0 Å². The number of aryl methyl sites for hydroxylation is 1. The molecule has 1 amide bonds. The first kappa shape index (κ1) is 18.3.